The van der Waals surface area contributed by atoms with Gasteiger partial charge in [0.25, 0.3) is 5.91 Å². The lowest BCUT2D eigenvalue weighted by Gasteiger charge is -2.25. The average molecular weight is 312 g/mol. The second-order valence-corrected chi connectivity index (χ2v) is 5.02. The summed E-state index contributed by atoms with van der Waals surface area (Å²) in [5.74, 6) is -0.0142. The summed E-state index contributed by atoms with van der Waals surface area (Å²) in [6.07, 6.45) is -0.556. The van der Waals surface area contributed by atoms with Crippen LogP contribution in [-0.2, 0) is 9.53 Å². The Morgan fingerprint density at radius 3 is 2.68 bits per heavy atom. The van der Waals surface area contributed by atoms with Crippen LogP contribution in [0.15, 0.2) is 12.1 Å². The zero-order chi connectivity index (χ0) is 16.1. The zero-order valence-corrected chi connectivity index (χ0v) is 12.9. The quantitative estimate of drug-likeness (QED) is 0.849. The SMILES string of the molecule is COc1cc(F)c(C(C)NC(=O)C2CNCCO2)cc1OC. The van der Waals surface area contributed by atoms with E-state index in [4.69, 9.17) is 14.2 Å². The molecule has 1 fully saturated rings. The highest BCUT2D eigenvalue weighted by Gasteiger charge is 2.25. The van der Waals surface area contributed by atoms with Gasteiger partial charge in [0.05, 0.1) is 26.9 Å². The third-order valence-electron chi connectivity index (χ3n) is 3.55. The van der Waals surface area contributed by atoms with Gasteiger partial charge >= 0.3 is 0 Å². The van der Waals surface area contributed by atoms with Gasteiger partial charge in [-0.3, -0.25) is 4.79 Å². The molecule has 2 rings (SSSR count). The van der Waals surface area contributed by atoms with E-state index in [1.807, 2.05) is 0 Å². The minimum absolute atomic E-state index is 0.270. The number of morpholine rings is 1. The third-order valence-corrected chi connectivity index (χ3v) is 3.55. The Morgan fingerprint density at radius 2 is 2.09 bits per heavy atom. The van der Waals surface area contributed by atoms with Crippen molar-refractivity contribution >= 4 is 5.91 Å². The van der Waals surface area contributed by atoms with E-state index in [0.717, 1.165) is 6.54 Å². The van der Waals surface area contributed by atoms with Crippen molar-refractivity contribution in [2.24, 2.45) is 0 Å². The highest BCUT2D eigenvalue weighted by Crippen LogP contribution is 2.32. The van der Waals surface area contributed by atoms with Crippen molar-refractivity contribution in [3.05, 3.63) is 23.5 Å². The molecule has 2 N–H and O–H groups in total. The van der Waals surface area contributed by atoms with Crippen molar-refractivity contribution < 1.29 is 23.4 Å². The molecule has 1 aromatic rings. The first-order valence-corrected chi connectivity index (χ1v) is 7.11. The molecule has 0 aliphatic carbocycles. The lowest BCUT2D eigenvalue weighted by molar-refractivity contribution is -0.134. The molecule has 7 heteroatoms. The molecule has 2 atom stereocenters. The second-order valence-electron chi connectivity index (χ2n) is 5.02. The van der Waals surface area contributed by atoms with Gasteiger partial charge in [0.1, 0.15) is 11.9 Å². The van der Waals surface area contributed by atoms with Crippen LogP contribution in [0.4, 0.5) is 4.39 Å². The van der Waals surface area contributed by atoms with Crippen molar-refractivity contribution in [2.75, 3.05) is 33.9 Å². The van der Waals surface area contributed by atoms with Crippen molar-refractivity contribution in [3.63, 3.8) is 0 Å². The molecule has 1 aromatic carbocycles. The van der Waals surface area contributed by atoms with Gasteiger partial charge in [-0.2, -0.15) is 0 Å². The van der Waals surface area contributed by atoms with Crippen LogP contribution in [0.25, 0.3) is 0 Å². The number of methoxy groups -OCH3 is 2. The molecule has 6 nitrogen and oxygen atoms in total. The number of nitrogens with one attached hydrogen (secondary N) is 2. The summed E-state index contributed by atoms with van der Waals surface area (Å²) in [5, 5.41) is 5.83. The number of benzene rings is 1. The fourth-order valence-corrected chi connectivity index (χ4v) is 2.32. The average Bonchev–Trinajstić information content (AvgIpc) is 2.55. The number of hydrogen-bond acceptors (Lipinski definition) is 5. The Bertz CT molecular complexity index is 533. The zero-order valence-electron chi connectivity index (χ0n) is 12.9. The molecule has 2 unspecified atom stereocenters. The first-order chi connectivity index (χ1) is 10.6. The Labute approximate surface area is 128 Å². The van der Waals surface area contributed by atoms with E-state index < -0.39 is 18.0 Å². The van der Waals surface area contributed by atoms with Crippen LogP contribution in [0.3, 0.4) is 0 Å². The van der Waals surface area contributed by atoms with Crippen molar-refractivity contribution in [1.29, 1.82) is 0 Å². The van der Waals surface area contributed by atoms with Gasteiger partial charge in [0.2, 0.25) is 0 Å². The molecular weight excluding hydrogens is 291 g/mol. The monoisotopic (exact) mass is 312 g/mol. The predicted octanol–water partition coefficient (Wildman–Crippen LogP) is 1.01. The Kier molecular flexibility index (Phi) is 5.57. The minimum Gasteiger partial charge on any atom is -0.493 e. The normalized spacial score (nSPS) is 19.4. The van der Waals surface area contributed by atoms with E-state index in [0.29, 0.717) is 30.2 Å². The molecule has 1 heterocycles. The van der Waals surface area contributed by atoms with Gasteiger partial charge in [-0.15, -0.1) is 0 Å². The summed E-state index contributed by atoms with van der Waals surface area (Å²) in [6.45, 7) is 3.37. The van der Waals surface area contributed by atoms with E-state index in [2.05, 4.69) is 10.6 Å². The summed E-state index contributed by atoms with van der Waals surface area (Å²) >= 11 is 0. The smallest absolute Gasteiger partial charge is 0.250 e. The van der Waals surface area contributed by atoms with Crippen LogP contribution in [0.5, 0.6) is 11.5 Å². The molecule has 1 saturated heterocycles. The maximum Gasteiger partial charge on any atom is 0.250 e. The number of rotatable bonds is 5. The number of carbonyl (C=O) groups is 1. The number of carbonyl (C=O) groups excluding carboxylic acids is 1. The van der Waals surface area contributed by atoms with Gasteiger partial charge in [0, 0.05) is 24.7 Å². The maximum atomic E-state index is 14.2. The number of amides is 1. The Hall–Kier alpha value is -1.86. The van der Waals surface area contributed by atoms with E-state index in [9.17, 15) is 9.18 Å². The summed E-state index contributed by atoms with van der Waals surface area (Å²) in [6, 6.07) is 2.26. The van der Waals surface area contributed by atoms with Crippen molar-refractivity contribution in [2.45, 2.75) is 19.1 Å². The van der Waals surface area contributed by atoms with Gasteiger partial charge in [-0.05, 0) is 13.0 Å². The third kappa shape index (κ3) is 3.66. The highest BCUT2D eigenvalue weighted by atomic mass is 19.1. The molecule has 122 valence electrons. The van der Waals surface area contributed by atoms with Crippen molar-refractivity contribution in [3.8, 4) is 11.5 Å². The molecule has 22 heavy (non-hydrogen) atoms. The van der Waals surface area contributed by atoms with Gasteiger partial charge < -0.3 is 24.8 Å². The van der Waals surface area contributed by atoms with E-state index in [1.165, 1.54) is 26.4 Å². The molecule has 1 aliphatic rings. The minimum atomic E-state index is -0.556. The molecule has 0 saturated carbocycles. The summed E-state index contributed by atoms with van der Waals surface area (Å²) in [5.41, 5.74) is 0.328. The largest absolute Gasteiger partial charge is 0.493 e. The highest BCUT2D eigenvalue weighted by molar-refractivity contribution is 5.81. The first kappa shape index (κ1) is 16.5. The van der Waals surface area contributed by atoms with Gasteiger partial charge in [-0.25, -0.2) is 4.39 Å². The van der Waals surface area contributed by atoms with Crippen LogP contribution in [0, 0.1) is 5.82 Å². The van der Waals surface area contributed by atoms with Crippen LogP contribution in [-0.4, -0.2) is 45.9 Å². The molecule has 0 radical (unpaired) electrons. The Morgan fingerprint density at radius 1 is 1.41 bits per heavy atom. The number of halogens is 1. The van der Waals surface area contributed by atoms with Crippen LogP contribution >= 0.6 is 0 Å². The summed E-state index contributed by atoms with van der Waals surface area (Å²) in [4.78, 5) is 12.1. The maximum absolute atomic E-state index is 14.2. The van der Waals surface area contributed by atoms with Crippen LogP contribution in [0.2, 0.25) is 0 Å². The van der Waals surface area contributed by atoms with Crippen molar-refractivity contribution in [1.82, 2.24) is 10.6 Å². The molecular formula is C15H21FN2O4. The summed E-state index contributed by atoms with van der Waals surface area (Å²) < 4.78 is 29.8. The molecule has 0 aromatic heterocycles. The van der Waals surface area contributed by atoms with Gasteiger partial charge in [-0.1, -0.05) is 0 Å². The summed E-state index contributed by atoms with van der Waals surface area (Å²) in [7, 11) is 2.92. The lowest BCUT2D eigenvalue weighted by atomic mass is 10.1. The van der Waals surface area contributed by atoms with Crippen LogP contribution < -0.4 is 20.1 Å². The second kappa shape index (κ2) is 7.42. The first-order valence-electron chi connectivity index (χ1n) is 7.11. The fraction of sp³-hybridized carbons (Fsp3) is 0.533. The molecule has 1 aliphatic heterocycles. The number of ether oxygens (including phenoxy) is 3. The van der Waals surface area contributed by atoms with E-state index in [-0.39, 0.29) is 5.91 Å². The Balaban J connectivity index is 2.11. The predicted molar refractivity (Wildman–Crippen MR) is 78.7 cm³/mol. The topological polar surface area (TPSA) is 68.8 Å². The molecule has 0 bridgehead atoms. The van der Waals surface area contributed by atoms with E-state index in [1.54, 1.807) is 6.92 Å². The standard InChI is InChI=1S/C15H21FN2O4/c1-9(18-15(19)14-8-17-4-5-22-14)10-6-12(20-2)13(21-3)7-11(10)16/h6-7,9,14,17H,4-5,8H2,1-3H3,(H,18,19). The van der Waals surface area contributed by atoms with Gasteiger partial charge in [0.15, 0.2) is 11.5 Å². The van der Waals surface area contributed by atoms with E-state index >= 15 is 0 Å². The number of hydrogen-bond donors (Lipinski definition) is 2. The lowest BCUT2D eigenvalue weighted by Crippen LogP contribution is -2.48. The molecule has 1 amide bonds. The molecule has 0 spiro atoms. The van der Waals surface area contributed by atoms with Crippen LogP contribution in [0.1, 0.15) is 18.5 Å². The fourth-order valence-electron chi connectivity index (χ4n) is 2.32.